The third-order valence-electron chi connectivity index (χ3n) is 4.80. The van der Waals surface area contributed by atoms with Crippen LogP contribution < -0.4 is 10.6 Å². The molecule has 5 heteroatoms. The number of benzene rings is 1. The zero-order chi connectivity index (χ0) is 18.2. The maximum Gasteiger partial charge on any atom is 0.251 e. The number of carbonyl (C=O) groups excluding carboxylic acids is 1. The third-order valence-corrected chi connectivity index (χ3v) is 4.80. The van der Waals surface area contributed by atoms with Crippen LogP contribution in [0.25, 0.3) is 0 Å². The molecule has 1 amide bonds. The van der Waals surface area contributed by atoms with Crippen LogP contribution in [0.3, 0.4) is 0 Å². The molecule has 1 saturated carbocycles. The van der Waals surface area contributed by atoms with Crippen molar-refractivity contribution in [1.29, 1.82) is 0 Å². The summed E-state index contributed by atoms with van der Waals surface area (Å²) >= 11 is 0. The molecule has 26 heavy (non-hydrogen) atoms. The second-order valence-electron chi connectivity index (χ2n) is 7.01. The van der Waals surface area contributed by atoms with Crippen molar-refractivity contribution in [2.45, 2.75) is 37.8 Å². The van der Waals surface area contributed by atoms with Gasteiger partial charge in [-0.15, -0.1) is 0 Å². The maximum atomic E-state index is 12.5. The molecule has 138 valence electrons. The number of carbonyl (C=O) groups is 1. The zero-order valence-corrected chi connectivity index (χ0v) is 15.0. The molecular formula is C21H27N3O2. The van der Waals surface area contributed by atoms with Gasteiger partial charge in [-0.05, 0) is 43.0 Å². The monoisotopic (exact) mass is 353 g/mol. The lowest BCUT2D eigenvalue weighted by molar-refractivity contribution is 0.0830. The number of nitrogens with zero attached hydrogens (tertiary/aromatic N) is 1. The summed E-state index contributed by atoms with van der Waals surface area (Å²) in [5, 5.41) is 17.0. The van der Waals surface area contributed by atoms with Gasteiger partial charge >= 0.3 is 0 Å². The molecule has 1 aromatic heterocycles. The fraction of sp³-hybridized carbons (Fsp3) is 0.429. The van der Waals surface area contributed by atoms with Crippen molar-refractivity contribution in [3.05, 3.63) is 66.0 Å². The Hall–Kier alpha value is -2.24. The summed E-state index contributed by atoms with van der Waals surface area (Å²) in [6, 6.07) is 12.9. The quantitative estimate of drug-likeness (QED) is 0.572. The van der Waals surface area contributed by atoms with Gasteiger partial charge in [-0.25, -0.2) is 0 Å². The van der Waals surface area contributed by atoms with Gasteiger partial charge in [0, 0.05) is 24.5 Å². The molecule has 3 rings (SSSR count). The molecule has 0 bridgehead atoms. The largest absolute Gasteiger partial charge is 0.390 e. The van der Waals surface area contributed by atoms with Gasteiger partial charge in [-0.3, -0.25) is 9.78 Å². The predicted molar refractivity (Wildman–Crippen MR) is 102 cm³/mol. The maximum absolute atomic E-state index is 12.5. The summed E-state index contributed by atoms with van der Waals surface area (Å²) in [6.07, 6.45) is 6.96. The van der Waals surface area contributed by atoms with Gasteiger partial charge in [0.05, 0.1) is 12.1 Å². The number of hydrogen-bond acceptors (Lipinski definition) is 4. The van der Waals surface area contributed by atoms with Gasteiger partial charge in [0.2, 0.25) is 0 Å². The molecule has 0 saturated heterocycles. The zero-order valence-electron chi connectivity index (χ0n) is 15.0. The van der Waals surface area contributed by atoms with Gasteiger partial charge in [0.25, 0.3) is 5.91 Å². The van der Waals surface area contributed by atoms with Crippen molar-refractivity contribution in [3.63, 3.8) is 0 Å². The Bertz CT molecular complexity index is 674. The molecule has 2 atom stereocenters. The molecule has 1 aromatic carbocycles. The van der Waals surface area contributed by atoms with E-state index in [1.165, 1.54) is 19.3 Å². The molecular weight excluding hydrogens is 326 g/mol. The van der Waals surface area contributed by atoms with Crippen LogP contribution in [0.2, 0.25) is 0 Å². The minimum absolute atomic E-state index is 0.189. The van der Waals surface area contributed by atoms with Crippen molar-refractivity contribution in [1.82, 2.24) is 15.6 Å². The summed E-state index contributed by atoms with van der Waals surface area (Å²) in [6.45, 7) is 1.39. The lowest BCUT2D eigenvalue weighted by atomic mass is 10.0. The van der Waals surface area contributed by atoms with E-state index in [1.54, 1.807) is 24.5 Å². The Labute approximate surface area is 154 Å². The molecule has 1 aliphatic rings. The molecule has 0 radical (unpaired) electrons. The van der Waals surface area contributed by atoms with Crippen LogP contribution in [0.1, 0.15) is 35.2 Å². The average molecular weight is 353 g/mol. The third kappa shape index (κ3) is 5.93. The summed E-state index contributed by atoms with van der Waals surface area (Å²) in [7, 11) is 0. The van der Waals surface area contributed by atoms with E-state index in [9.17, 15) is 9.90 Å². The predicted octanol–water partition coefficient (Wildman–Crippen LogP) is 2.17. The van der Waals surface area contributed by atoms with Gasteiger partial charge in [0.1, 0.15) is 0 Å². The van der Waals surface area contributed by atoms with Crippen molar-refractivity contribution in [2.75, 3.05) is 13.1 Å². The molecule has 0 aliphatic heterocycles. The van der Waals surface area contributed by atoms with E-state index >= 15 is 0 Å². The Morgan fingerprint density at radius 1 is 1.15 bits per heavy atom. The Balaban J connectivity index is 1.59. The number of aliphatic hydroxyl groups is 1. The van der Waals surface area contributed by atoms with Gasteiger partial charge in [-0.2, -0.15) is 0 Å². The summed E-state index contributed by atoms with van der Waals surface area (Å²) < 4.78 is 0. The Morgan fingerprint density at radius 2 is 1.88 bits per heavy atom. The van der Waals surface area contributed by atoms with E-state index in [0.717, 1.165) is 18.0 Å². The average Bonchev–Trinajstić information content (AvgIpc) is 3.50. The van der Waals surface area contributed by atoms with Crippen molar-refractivity contribution in [2.24, 2.45) is 5.92 Å². The van der Waals surface area contributed by atoms with E-state index in [1.807, 2.05) is 30.3 Å². The second kappa shape index (κ2) is 9.46. The van der Waals surface area contributed by atoms with Crippen LogP contribution >= 0.6 is 0 Å². The van der Waals surface area contributed by atoms with Crippen molar-refractivity contribution < 1.29 is 9.90 Å². The Kier molecular flexibility index (Phi) is 6.75. The summed E-state index contributed by atoms with van der Waals surface area (Å²) in [4.78, 5) is 16.4. The van der Waals surface area contributed by atoms with Crippen LogP contribution in [0.5, 0.6) is 0 Å². The molecule has 1 fully saturated rings. The first-order valence-corrected chi connectivity index (χ1v) is 9.36. The first kappa shape index (κ1) is 18.5. The number of nitrogens with one attached hydrogen (secondary N) is 2. The normalized spacial score (nSPS) is 16.0. The first-order valence-electron chi connectivity index (χ1n) is 9.36. The molecule has 1 aliphatic carbocycles. The highest BCUT2D eigenvalue weighted by atomic mass is 16.3. The minimum atomic E-state index is -0.653. The van der Waals surface area contributed by atoms with E-state index in [0.29, 0.717) is 18.5 Å². The highest BCUT2D eigenvalue weighted by molar-refractivity contribution is 5.94. The van der Waals surface area contributed by atoms with Crippen LogP contribution in [0, 0.1) is 5.92 Å². The number of aromatic nitrogens is 1. The summed E-state index contributed by atoms with van der Waals surface area (Å²) in [5.74, 6) is 0.677. The van der Waals surface area contributed by atoms with Gasteiger partial charge < -0.3 is 15.7 Å². The lowest BCUT2D eigenvalue weighted by Gasteiger charge is -2.25. The van der Waals surface area contributed by atoms with Crippen LogP contribution in [0.4, 0.5) is 0 Å². The number of rotatable bonds is 10. The van der Waals surface area contributed by atoms with E-state index in [4.69, 9.17) is 0 Å². The van der Waals surface area contributed by atoms with Gasteiger partial charge in [0.15, 0.2) is 0 Å². The van der Waals surface area contributed by atoms with E-state index in [-0.39, 0.29) is 11.9 Å². The van der Waals surface area contributed by atoms with Crippen LogP contribution in [-0.2, 0) is 6.42 Å². The lowest BCUT2D eigenvalue weighted by Crippen LogP contribution is -2.48. The molecule has 0 unspecified atom stereocenters. The van der Waals surface area contributed by atoms with Crippen LogP contribution in [0.15, 0.2) is 54.9 Å². The number of hydrogen-bond donors (Lipinski definition) is 3. The highest BCUT2D eigenvalue weighted by Crippen LogP contribution is 2.31. The molecule has 1 heterocycles. The standard InChI is InChI=1S/C21H27N3O2/c25-20(15-23-11-8-16-6-7-16)19(14-17-4-2-1-3-5-17)24-21(26)18-9-12-22-13-10-18/h1-5,9-10,12-13,16,19-20,23,25H,6-8,11,14-15H2,(H,24,26)/t19-,20+/m0/s1. The van der Waals surface area contributed by atoms with Crippen molar-refractivity contribution >= 4 is 5.91 Å². The number of pyridine rings is 1. The molecule has 5 nitrogen and oxygen atoms in total. The number of aliphatic hydroxyl groups excluding tert-OH is 1. The highest BCUT2D eigenvalue weighted by Gasteiger charge is 2.23. The van der Waals surface area contributed by atoms with E-state index < -0.39 is 6.10 Å². The molecule has 3 N–H and O–H groups in total. The fourth-order valence-electron chi connectivity index (χ4n) is 3.01. The Morgan fingerprint density at radius 3 is 2.58 bits per heavy atom. The number of amides is 1. The van der Waals surface area contributed by atoms with Gasteiger partial charge in [-0.1, -0.05) is 43.2 Å². The fourth-order valence-corrected chi connectivity index (χ4v) is 3.01. The van der Waals surface area contributed by atoms with Crippen LogP contribution in [-0.4, -0.2) is 41.2 Å². The topological polar surface area (TPSA) is 74.2 Å². The van der Waals surface area contributed by atoms with E-state index in [2.05, 4.69) is 15.6 Å². The minimum Gasteiger partial charge on any atom is -0.390 e. The summed E-state index contributed by atoms with van der Waals surface area (Å²) in [5.41, 5.74) is 1.64. The SMILES string of the molecule is O=C(N[C@@H](Cc1ccccc1)[C@H](O)CNCCC1CC1)c1ccncc1. The molecule has 2 aromatic rings. The smallest absolute Gasteiger partial charge is 0.251 e. The molecule has 0 spiro atoms. The van der Waals surface area contributed by atoms with Crippen molar-refractivity contribution in [3.8, 4) is 0 Å². The second-order valence-corrected chi connectivity index (χ2v) is 7.01. The first-order chi connectivity index (χ1) is 12.7.